The van der Waals surface area contributed by atoms with Gasteiger partial charge in [-0.3, -0.25) is 14.4 Å². The van der Waals surface area contributed by atoms with E-state index in [2.05, 4.69) is 49.9 Å². The van der Waals surface area contributed by atoms with E-state index in [1.807, 2.05) is 52.0 Å². The molecule has 2 aromatic carbocycles. The molecule has 1 aliphatic carbocycles. The van der Waals surface area contributed by atoms with E-state index in [1.165, 1.54) is 19.3 Å². The maximum absolute atomic E-state index is 13.8. The number of carbonyl (C=O) groups is 4. The topological polar surface area (TPSA) is 184 Å². The number of amides is 4. The molecule has 4 aromatic rings. The van der Waals surface area contributed by atoms with Crippen molar-refractivity contribution < 1.29 is 33.5 Å². The molecule has 4 heterocycles. The minimum absolute atomic E-state index is 0.109. The molecule has 4 N–H and O–H groups in total. The van der Waals surface area contributed by atoms with Gasteiger partial charge in [0.2, 0.25) is 5.91 Å². The molecule has 0 radical (unpaired) electrons. The second kappa shape index (κ2) is 16.4. The van der Waals surface area contributed by atoms with Crippen molar-refractivity contribution in [1.82, 2.24) is 40.5 Å². The molecule has 2 aliphatic heterocycles. The third-order valence-electron chi connectivity index (χ3n) is 11.5. The van der Waals surface area contributed by atoms with Crippen molar-refractivity contribution in [2.45, 2.75) is 96.0 Å². The highest BCUT2D eigenvalue weighted by molar-refractivity contribution is 5.87. The second-order valence-electron chi connectivity index (χ2n) is 15.9. The van der Waals surface area contributed by atoms with Crippen LogP contribution in [-0.4, -0.2) is 92.3 Å². The van der Waals surface area contributed by atoms with Crippen LogP contribution in [0.3, 0.4) is 0 Å². The summed E-state index contributed by atoms with van der Waals surface area (Å²) >= 11 is 0. The average molecular weight is 781 g/mol. The molecular formula is C42H52N8O7. The molecule has 4 amide bonds. The molecule has 1 saturated carbocycles. The van der Waals surface area contributed by atoms with Crippen LogP contribution in [0.15, 0.2) is 60.9 Å². The van der Waals surface area contributed by atoms with Gasteiger partial charge in [-0.05, 0) is 66.2 Å². The Morgan fingerprint density at radius 2 is 1.19 bits per heavy atom. The van der Waals surface area contributed by atoms with Crippen LogP contribution in [0.1, 0.15) is 90.0 Å². The standard InChI is InChI=1S/C42H52N8O7/c1-24(2)34(47-40(53)55-5)38(51)49-20-7-9-32(49)36-43-22-30(45-36)28-14-10-26(11-15-28)27-12-16-29(17-13-27)31-23-44-37(46-31)33-21-42(18-8-19-42)57-50(33)39(52)35(25(3)4)48-41(54)56-6/h10-17,22-25,32-35H,7-9,18-21H2,1-6H3,(H,43,45)(H,44,46)(H,47,53)(H,48,54)/t32-,33+,34-,35-/m0/s1. The largest absolute Gasteiger partial charge is 0.453 e. The Bertz CT molecular complexity index is 2070. The van der Waals surface area contributed by atoms with Crippen LogP contribution in [-0.2, 0) is 23.9 Å². The molecule has 0 bridgehead atoms. The van der Waals surface area contributed by atoms with Gasteiger partial charge in [0.05, 0.1) is 49.6 Å². The maximum atomic E-state index is 13.8. The maximum Gasteiger partial charge on any atom is 0.407 e. The van der Waals surface area contributed by atoms with Gasteiger partial charge < -0.3 is 35.0 Å². The Hall–Kier alpha value is -5.70. The number of aromatic nitrogens is 4. The number of hydrogen-bond donors (Lipinski definition) is 4. The van der Waals surface area contributed by atoms with Crippen LogP contribution in [0.2, 0.25) is 0 Å². The number of methoxy groups -OCH3 is 2. The quantitative estimate of drug-likeness (QED) is 0.129. The van der Waals surface area contributed by atoms with E-state index in [0.29, 0.717) is 18.8 Å². The number of alkyl carbamates (subject to hydrolysis) is 2. The molecule has 0 unspecified atom stereocenters. The van der Waals surface area contributed by atoms with Crippen LogP contribution in [0.25, 0.3) is 33.6 Å². The number of carbonyl (C=O) groups excluding carboxylic acids is 4. The van der Waals surface area contributed by atoms with Crippen molar-refractivity contribution in [2.75, 3.05) is 20.8 Å². The lowest BCUT2D eigenvalue weighted by Crippen LogP contribution is -2.51. The lowest BCUT2D eigenvalue weighted by Gasteiger charge is -2.37. The van der Waals surface area contributed by atoms with Crippen LogP contribution < -0.4 is 10.6 Å². The average Bonchev–Trinajstić information content (AvgIpc) is 4.04. The van der Waals surface area contributed by atoms with Gasteiger partial charge in [0.15, 0.2) is 0 Å². The Morgan fingerprint density at radius 1 is 0.719 bits per heavy atom. The van der Waals surface area contributed by atoms with Crippen LogP contribution in [0, 0.1) is 11.8 Å². The zero-order valence-corrected chi connectivity index (χ0v) is 33.3. The first-order chi connectivity index (χ1) is 27.4. The molecule has 15 heteroatoms. The number of ether oxygens (including phenoxy) is 2. The summed E-state index contributed by atoms with van der Waals surface area (Å²) in [5.74, 6) is 0.581. The van der Waals surface area contributed by atoms with Gasteiger partial charge in [-0.25, -0.2) is 24.6 Å². The molecule has 3 fully saturated rings. The van der Waals surface area contributed by atoms with Gasteiger partial charge in [0, 0.05) is 13.0 Å². The molecule has 2 aromatic heterocycles. The molecule has 1 spiro atoms. The summed E-state index contributed by atoms with van der Waals surface area (Å²) in [6.07, 6.45) is 7.29. The summed E-state index contributed by atoms with van der Waals surface area (Å²) in [6.45, 7) is 8.13. The number of hydrogen-bond acceptors (Lipinski definition) is 9. The number of nitrogens with zero attached hydrogens (tertiary/aromatic N) is 4. The summed E-state index contributed by atoms with van der Waals surface area (Å²) in [6, 6.07) is 14.3. The smallest absolute Gasteiger partial charge is 0.407 e. The predicted octanol–water partition coefficient (Wildman–Crippen LogP) is 6.69. The summed E-state index contributed by atoms with van der Waals surface area (Å²) < 4.78 is 9.54. The summed E-state index contributed by atoms with van der Waals surface area (Å²) in [7, 11) is 2.56. The number of nitrogens with one attached hydrogen (secondary N) is 4. The SMILES string of the molecule is COC(=O)N[C@H](C(=O)N1CCC[C@H]1c1ncc(-c2ccc(-c3ccc(-c4cnc([C@H]5CC6(CCC6)ON5C(=O)[C@@H](NC(=O)OC)C(C)C)[nH]4)cc3)cc2)[nH]1)C(C)C. The normalized spacial score (nSPS) is 19.7. The lowest BCUT2D eigenvalue weighted by molar-refractivity contribution is -0.230. The molecule has 302 valence electrons. The van der Waals surface area contributed by atoms with E-state index in [0.717, 1.165) is 71.6 Å². The van der Waals surface area contributed by atoms with E-state index >= 15 is 0 Å². The first-order valence-corrected chi connectivity index (χ1v) is 19.7. The monoisotopic (exact) mass is 780 g/mol. The van der Waals surface area contributed by atoms with Crippen LogP contribution >= 0.6 is 0 Å². The molecule has 7 rings (SSSR count). The fourth-order valence-corrected chi connectivity index (χ4v) is 8.04. The fraction of sp³-hybridized carbons (Fsp3) is 0.476. The summed E-state index contributed by atoms with van der Waals surface area (Å²) in [4.78, 5) is 75.8. The number of H-pyrrole nitrogens is 2. The van der Waals surface area contributed by atoms with Crippen molar-refractivity contribution in [3.63, 3.8) is 0 Å². The molecular weight excluding hydrogens is 729 g/mol. The minimum atomic E-state index is -0.815. The minimum Gasteiger partial charge on any atom is -0.453 e. The number of benzene rings is 2. The molecule has 3 aliphatic rings. The highest BCUT2D eigenvalue weighted by Crippen LogP contribution is 2.50. The van der Waals surface area contributed by atoms with Gasteiger partial charge >= 0.3 is 12.2 Å². The summed E-state index contributed by atoms with van der Waals surface area (Å²) in [5, 5.41) is 6.78. The highest BCUT2D eigenvalue weighted by atomic mass is 16.7. The number of imidazole rings is 2. The van der Waals surface area contributed by atoms with E-state index in [1.54, 1.807) is 17.3 Å². The summed E-state index contributed by atoms with van der Waals surface area (Å²) in [5.41, 5.74) is 5.27. The Labute approximate surface area is 332 Å². The van der Waals surface area contributed by atoms with Gasteiger partial charge in [0.25, 0.3) is 5.91 Å². The van der Waals surface area contributed by atoms with Gasteiger partial charge in [-0.15, -0.1) is 0 Å². The van der Waals surface area contributed by atoms with Crippen LogP contribution in [0.5, 0.6) is 0 Å². The van der Waals surface area contributed by atoms with Crippen molar-refractivity contribution in [3.8, 4) is 33.6 Å². The third-order valence-corrected chi connectivity index (χ3v) is 11.5. The van der Waals surface area contributed by atoms with E-state index in [-0.39, 0.29) is 29.7 Å². The second-order valence-corrected chi connectivity index (χ2v) is 15.9. The highest BCUT2D eigenvalue weighted by Gasteiger charge is 2.54. The van der Waals surface area contributed by atoms with E-state index < -0.39 is 35.9 Å². The van der Waals surface area contributed by atoms with Crippen LogP contribution in [0.4, 0.5) is 9.59 Å². The number of aromatic amines is 2. The van der Waals surface area contributed by atoms with Crippen molar-refractivity contribution in [2.24, 2.45) is 11.8 Å². The van der Waals surface area contributed by atoms with Crippen molar-refractivity contribution in [1.29, 1.82) is 0 Å². The van der Waals surface area contributed by atoms with Crippen molar-refractivity contribution in [3.05, 3.63) is 72.6 Å². The predicted molar refractivity (Wildman–Crippen MR) is 211 cm³/mol. The Morgan fingerprint density at radius 3 is 1.65 bits per heavy atom. The number of rotatable bonds is 11. The Balaban J connectivity index is 1.02. The van der Waals surface area contributed by atoms with Gasteiger partial charge in [-0.1, -0.05) is 76.2 Å². The number of hydroxylamine groups is 2. The molecule has 57 heavy (non-hydrogen) atoms. The first-order valence-electron chi connectivity index (χ1n) is 19.7. The van der Waals surface area contributed by atoms with Crippen molar-refractivity contribution >= 4 is 24.0 Å². The lowest BCUT2D eigenvalue weighted by atomic mass is 9.77. The Kier molecular flexibility index (Phi) is 11.4. The third kappa shape index (κ3) is 8.11. The van der Waals surface area contributed by atoms with E-state index in [4.69, 9.17) is 19.3 Å². The molecule has 2 saturated heterocycles. The molecule has 4 atom stereocenters. The fourth-order valence-electron chi connectivity index (χ4n) is 8.04. The zero-order chi connectivity index (χ0) is 40.4. The zero-order valence-electron chi connectivity index (χ0n) is 33.3. The first kappa shape index (κ1) is 39.5. The van der Waals surface area contributed by atoms with E-state index in [9.17, 15) is 19.2 Å². The van der Waals surface area contributed by atoms with Gasteiger partial charge in [-0.2, -0.15) is 0 Å². The number of likely N-dealkylation sites (tertiary alicyclic amines) is 1. The molecule has 15 nitrogen and oxygen atoms in total. The van der Waals surface area contributed by atoms with Gasteiger partial charge in [0.1, 0.15) is 29.8 Å².